The van der Waals surface area contributed by atoms with E-state index in [1.54, 1.807) is 7.11 Å². The highest BCUT2D eigenvalue weighted by Gasteiger charge is 2.19. The van der Waals surface area contributed by atoms with Gasteiger partial charge in [-0.3, -0.25) is 0 Å². The zero-order valence-corrected chi connectivity index (χ0v) is 11.7. The van der Waals surface area contributed by atoms with Crippen LogP contribution in [0.25, 0.3) is 0 Å². The molecule has 1 rings (SSSR count). The van der Waals surface area contributed by atoms with E-state index in [4.69, 9.17) is 9.84 Å². The fourth-order valence-electron chi connectivity index (χ4n) is 1.38. The highest BCUT2D eigenvalue weighted by atomic mass is 32.1. The molecule has 1 aromatic rings. The van der Waals surface area contributed by atoms with E-state index in [-0.39, 0.29) is 6.10 Å². The number of carbonyl (C=O) groups is 1. The number of nitrogens with zero attached hydrogens (tertiary/aromatic N) is 2. The fourth-order valence-corrected chi connectivity index (χ4v) is 2.08. The molecule has 0 aliphatic heterocycles. The van der Waals surface area contributed by atoms with Gasteiger partial charge in [0.1, 0.15) is 12.1 Å². The Balaban J connectivity index is 2.63. The maximum absolute atomic E-state index is 11.1. The third kappa shape index (κ3) is 4.23. The number of rotatable bonds is 8. The molecule has 2 N–H and O–H groups in total. The van der Waals surface area contributed by atoms with Crippen molar-refractivity contribution in [1.29, 1.82) is 0 Å². The molecule has 0 saturated carbocycles. The number of carboxylic acids is 1. The van der Waals surface area contributed by atoms with Crippen molar-refractivity contribution < 1.29 is 14.6 Å². The normalized spacial score (nSPS) is 14.2. The maximum Gasteiger partial charge on any atom is 0.326 e. The van der Waals surface area contributed by atoms with Gasteiger partial charge < -0.3 is 15.2 Å². The molecular formula is C11H19N3O3S. The third-order valence-electron chi connectivity index (χ3n) is 2.60. The van der Waals surface area contributed by atoms with Gasteiger partial charge in [-0.25, -0.2) is 9.78 Å². The molecule has 1 unspecified atom stereocenters. The van der Waals surface area contributed by atoms with E-state index >= 15 is 0 Å². The van der Waals surface area contributed by atoms with E-state index in [1.807, 2.05) is 13.8 Å². The standard InChI is InChI=1S/C11H19N3O3S/c1-4-5-6-8(10(15)16)12-11-13-9(14-18-11)7(2)17-3/h7-8H,4-6H2,1-3H3,(H,15,16)(H,12,13,14)/t7?,8-/m0/s1. The summed E-state index contributed by atoms with van der Waals surface area (Å²) in [6.07, 6.45) is 2.23. The van der Waals surface area contributed by atoms with Gasteiger partial charge in [0.05, 0.1) is 0 Å². The van der Waals surface area contributed by atoms with Crippen molar-refractivity contribution in [2.24, 2.45) is 0 Å². The van der Waals surface area contributed by atoms with Crippen LogP contribution in [0.2, 0.25) is 0 Å². The molecule has 6 nitrogen and oxygen atoms in total. The first-order chi connectivity index (χ1) is 8.58. The number of aliphatic carboxylic acids is 1. The lowest BCUT2D eigenvalue weighted by atomic mass is 10.1. The molecular weight excluding hydrogens is 254 g/mol. The Morgan fingerprint density at radius 1 is 1.61 bits per heavy atom. The number of hydrogen-bond acceptors (Lipinski definition) is 6. The molecule has 0 amide bonds. The van der Waals surface area contributed by atoms with Crippen LogP contribution >= 0.6 is 11.5 Å². The van der Waals surface area contributed by atoms with Crippen LogP contribution in [0.5, 0.6) is 0 Å². The second-order valence-electron chi connectivity index (χ2n) is 4.01. The third-order valence-corrected chi connectivity index (χ3v) is 3.26. The SMILES string of the molecule is CCCC[C@H](Nc1nc(C(C)OC)ns1)C(=O)O. The first-order valence-electron chi connectivity index (χ1n) is 5.94. The van der Waals surface area contributed by atoms with Gasteiger partial charge in [-0.1, -0.05) is 19.8 Å². The summed E-state index contributed by atoms with van der Waals surface area (Å²) < 4.78 is 9.23. The van der Waals surface area contributed by atoms with Crippen molar-refractivity contribution in [2.45, 2.75) is 45.3 Å². The van der Waals surface area contributed by atoms with E-state index in [0.29, 0.717) is 17.4 Å². The van der Waals surface area contributed by atoms with Crippen LogP contribution in [-0.2, 0) is 9.53 Å². The zero-order valence-electron chi connectivity index (χ0n) is 10.8. The minimum atomic E-state index is -0.861. The van der Waals surface area contributed by atoms with Gasteiger partial charge >= 0.3 is 5.97 Å². The summed E-state index contributed by atoms with van der Waals surface area (Å²) in [7, 11) is 1.58. The van der Waals surface area contributed by atoms with E-state index in [1.165, 1.54) is 0 Å². The molecule has 0 radical (unpaired) electrons. The van der Waals surface area contributed by atoms with Gasteiger partial charge in [-0.2, -0.15) is 4.37 Å². The molecule has 7 heteroatoms. The number of nitrogens with one attached hydrogen (secondary N) is 1. The minimum absolute atomic E-state index is 0.185. The van der Waals surface area contributed by atoms with Gasteiger partial charge in [0.15, 0.2) is 5.82 Å². The van der Waals surface area contributed by atoms with Crippen LogP contribution in [0.15, 0.2) is 0 Å². The van der Waals surface area contributed by atoms with Gasteiger partial charge in [-0.05, 0) is 13.3 Å². The van der Waals surface area contributed by atoms with Crippen molar-refractivity contribution in [3.8, 4) is 0 Å². The molecule has 0 bridgehead atoms. The largest absolute Gasteiger partial charge is 0.480 e. The summed E-state index contributed by atoms with van der Waals surface area (Å²) in [6.45, 7) is 3.87. The van der Waals surface area contributed by atoms with Crippen molar-refractivity contribution in [3.63, 3.8) is 0 Å². The summed E-state index contributed by atoms with van der Waals surface area (Å²) in [6, 6.07) is -0.608. The van der Waals surface area contributed by atoms with Crippen LogP contribution in [0.3, 0.4) is 0 Å². The second kappa shape index (κ2) is 7.27. The van der Waals surface area contributed by atoms with Crippen LogP contribution in [0.1, 0.15) is 45.0 Å². The van der Waals surface area contributed by atoms with E-state index in [2.05, 4.69) is 14.7 Å². The second-order valence-corrected chi connectivity index (χ2v) is 4.76. The minimum Gasteiger partial charge on any atom is -0.480 e. The molecule has 0 aliphatic carbocycles. The highest BCUT2D eigenvalue weighted by molar-refractivity contribution is 7.09. The van der Waals surface area contributed by atoms with Gasteiger partial charge in [0.2, 0.25) is 5.13 Å². The van der Waals surface area contributed by atoms with E-state index in [0.717, 1.165) is 24.4 Å². The molecule has 0 fully saturated rings. The first-order valence-corrected chi connectivity index (χ1v) is 6.71. The number of unbranched alkanes of at least 4 members (excludes halogenated alkanes) is 1. The predicted molar refractivity (Wildman–Crippen MR) is 69.9 cm³/mol. The first kappa shape index (κ1) is 14.8. The van der Waals surface area contributed by atoms with Crippen LogP contribution in [0, 0.1) is 0 Å². The van der Waals surface area contributed by atoms with Crippen molar-refractivity contribution in [2.75, 3.05) is 12.4 Å². The summed E-state index contributed by atoms with van der Waals surface area (Å²) in [5.74, 6) is -0.287. The molecule has 0 spiro atoms. The van der Waals surface area contributed by atoms with Crippen LogP contribution < -0.4 is 5.32 Å². The summed E-state index contributed by atoms with van der Waals surface area (Å²) in [5.41, 5.74) is 0. The Labute approximate surface area is 111 Å². The molecule has 1 aromatic heterocycles. The van der Waals surface area contributed by atoms with Crippen molar-refractivity contribution in [1.82, 2.24) is 9.36 Å². The smallest absolute Gasteiger partial charge is 0.326 e. The number of methoxy groups -OCH3 is 1. The Hall–Kier alpha value is -1.21. The highest BCUT2D eigenvalue weighted by Crippen LogP contribution is 2.19. The molecule has 2 atom stereocenters. The summed E-state index contributed by atoms with van der Waals surface area (Å²) in [4.78, 5) is 15.3. The average Bonchev–Trinajstić information content (AvgIpc) is 2.81. The van der Waals surface area contributed by atoms with E-state index < -0.39 is 12.0 Å². The molecule has 18 heavy (non-hydrogen) atoms. The van der Waals surface area contributed by atoms with Crippen LogP contribution in [-0.4, -0.2) is 33.6 Å². The van der Waals surface area contributed by atoms with Crippen LogP contribution in [0.4, 0.5) is 5.13 Å². The van der Waals surface area contributed by atoms with Crippen molar-refractivity contribution in [3.05, 3.63) is 5.82 Å². The molecule has 0 saturated heterocycles. The Morgan fingerprint density at radius 2 is 2.33 bits per heavy atom. The fraction of sp³-hybridized carbons (Fsp3) is 0.727. The zero-order chi connectivity index (χ0) is 13.5. The topological polar surface area (TPSA) is 84.3 Å². The van der Waals surface area contributed by atoms with Crippen molar-refractivity contribution >= 4 is 22.6 Å². The number of ether oxygens (including phenoxy) is 1. The molecule has 0 aliphatic rings. The van der Waals surface area contributed by atoms with Gasteiger partial charge in [-0.15, -0.1) is 0 Å². The lowest BCUT2D eigenvalue weighted by Crippen LogP contribution is -2.29. The quantitative estimate of drug-likeness (QED) is 0.756. The van der Waals surface area contributed by atoms with Gasteiger partial charge in [0, 0.05) is 18.6 Å². The number of anilines is 1. The Morgan fingerprint density at radius 3 is 2.89 bits per heavy atom. The number of aromatic nitrogens is 2. The monoisotopic (exact) mass is 273 g/mol. The summed E-state index contributed by atoms with van der Waals surface area (Å²) >= 11 is 1.16. The lowest BCUT2D eigenvalue weighted by Gasteiger charge is -2.12. The Bertz CT molecular complexity index is 383. The lowest BCUT2D eigenvalue weighted by molar-refractivity contribution is -0.138. The maximum atomic E-state index is 11.1. The molecule has 1 heterocycles. The number of hydrogen-bond donors (Lipinski definition) is 2. The predicted octanol–water partition coefficient (Wildman–Crippen LogP) is 2.30. The Kier molecular flexibility index (Phi) is 6.00. The molecule has 0 aromatic carbocycles. The average molecular weight is 273 g/mol. The van der Waals surface area contributed by atoms with Gasteiger partial charge in [0.25, 0.3) is 0 Å². The summed E-state index contributed by atoms with van der Waals surface area (Å²) in [5, 5.41) is 12.5. The molecule has 102 valence electrons. The van der Waals surface area contributed by atoms with E-state index in [9.17, 15) is 4.79 Å². The number of carboxylic acid groups (broad SMARTS) is 1.